The second-order valence-corrected chi connectivity index (χ2v) is 9.58. The Kier molecular flexibility index (Phi) is 22.3. The Labute approximate surface area is 240 Å². The predicted molar refractivity (Wildman–Crippen MR) is 156 cm³/mol. The molecule has 0 saturated heterocycles. The largest absolute Gasteiger partial charge is 0.480 e. The van der Waals surface area contributed by atoms with Crippen LogP contribution in [0, 0.1) is 0 Å². The van der Waals surface area contributed by atoms with E-state index in [4.69, 9.17) is 0 Å². The third kappa shape index (κ3) is 13.9. The Bertz CT molecular complexity index is 627. The van der Waals surface area contributed by atoms with Gasteiger partial charge in [-0.3, -0.25) is 29.0 Å². The van der Waals surface area contributed by atoms with Crippen LogP contribution in [0.3, 0.4) is 0 Å². The maximum atomic E-state index is 11.6. The second-order valence-electron chi connectivity index (χ2n) is 9.58. The molecule has 0 amide bonds. The molecule has 0 radical (unpaired) electrons. The summed E-state index contributed by atoms with van der Waals surface area (Å²) in [5.41, 5.74) is 0. The number of hydrogen-bond donors (Lipinski definition) is 4. The van der Waals surface area contributed by atoms with E-state index in [1.165, 1.54) is 49.1 Å². The van der Waals surface area contributed by atoms with E-state index in [2.05, 4.69) is 37.5 Å². The SMILES string of the molecule is CCC(C(=O)O)N(CCN(C(CC)C(=O)O)C(CC)C(=O)O)C(CC)C(=O)O.CCN(CC)CCN(CC)CC. The lowest BCUT2D eigenvalue weighted by atomic mass is 10.1. The Morgan fingerprint density at radius 1 is 0.425 bits per heavy atom. The van der Waals surface area contributed by atoms with Gasteiger partial charge in [0.2, 0.25) is 0 Å². The molecule has 0 bridgehead atoms. The summed E-state index contributed by atoms with van der Waals surface area (Å²) in [5.74, 6) is -4.71. The number of carboxylic acids is 4. The summed E-state index contributed by atoms with van der Waals surface area (Å²) in [6.45, 7) is 22.4. The van der Waals surface area contributed by atoms with Crippen LogP contribution in [0.1, 0.15) is 81.1 Å². The van der Waals surface area contributed by atoms with Crippen LogP contribution in [0.2, 0.25) is 0 Å². The van der Waals surface area contributed by atoms with Crippen LogP contribution < -0.4 is 0 Å². The predicted octanol–water partition coefficient (Wildman–Crippen LogP) is 2.71. The minimum absolute atomic E-state index is 0.0802. The molecule has 40 heavy (non-hydrogen) atoms. The van der Waals surface area contributed by atoms with E-state index in [1.54, 1.807) is 27.7 Å². The molecule has 0 aromatic rings. The van der Waals surface area contributed by atoms with Gasteiger partial charge in [0.15, 0.2) is 0 Å². The quantitative estimate of drug-likeness (QED) is 0.149. The summed E-state index contributed by atoms with van der Waals surface area (Å²) >= 11 is 0. The fourth-order valence-corrected chi connectivity index (χ4v) is 4.86. The number of carbonyl (C=O) groups is 4. The van der Waals surface area contributed by atoms with Gasteiger partial charge in [0.05, 0.1) is 0 Å². The second kappa shape index (κ2) is 22.4. The molecule has 0 aliphatic rings. The minimum Gasteiger partial charge on any atom is -0.480 e. The van der Waals surface area contributed by atoms with Gasteiger partial charge in [-0.25, -0.2) is 0 Å². The summed E-state index contributed by atoms with van der Waals surface area (Å²) < 4.78 is 0. The van der Waals surface area contributed by atoms with Crippen molar-refractivity contribution >= 4 is 23.9 Å². The van der Waals surface area contributed by atoms with Crippen LogP contribution in [0.25, 0.3) is 0 Å². The first kappa shape index (κ1) is 39.9. The van der Waals surface area contributed by atoms with E-state index in [1.807, 2.05) is 0 Å². The zero-order chi connectivity index (χ0) is 31.4. The molecule has 4 atom stereocenters. The molecule has 0 rings (SSSR count). The summed E-state index contributed by atoms with van der Waals surface area (Å²) in [4.78, 5) is 54.0. The average molecular weight is 577 g/mol. The van der Waals surface area contributed by atoms with Gasteiger partial charge in [0, 0.05) is 26.2 Å². The van der Waals surface area contributed by atoms with E-state index < -0.39 is 48.0 Å². The first-order valence-corrected chi connectivity index (χ1v) is 14.7. The van der Waals surface area contributed by atoms with Crippen molar-refractivity contribution in [1.29, 1.82) is 0 Å². The van der Waals surface area contributed by atoms with Crippen molar-refractivity contribution in [2.45, 2.75) is 105 Å². The molecule has 0 aliphatic heterocycles. The topological polar surface area (TPSA) is 162 Å². The maximum absolute atomic E-state index is 11.6. The van der Waals surface area contributed by atoms with Gasteiger partial charge in [-0.15, -0.1) is 0 Å². The summed E-state index contributed by atoms with van der Waals surface area (Å²) in [6.07, 6.45) is 0.632. The highest BCUT2D eigenvalue weighted by Gasteiger charge is 2.37. The number of likely N-dealkylation sites (N-methyl/N-ethyl adjacent to an activating group) is 2. The number of hydrogen-bond acceptors (Lipinski definition) is 8. The Hall–Kier alpha value is -2.28. The van der Waals surface area contributed by atoms with Gasteiger partial charge in [-0.05, 0) is 51.9 Å². The van der Waals surface area contributed by atoms with Crippen molar-refractivity contribution in [3.63, 3.8) is 0 Å². The van der Waals surface area contributed by atoms with Crippen LogP contribution in [-0.2, 0) is 19.2 Å². The maximum Gasteiger partial charge on any atom is 0.320 e. The van der Waals surface area contributed by atoms with Crippen molar-refractivity contribution in [3.8, 4) is 0 Å². The molecule has 236 valence electrons. The third-order valence-corrected chi connectivity index (χ3v) is 7.43. The van der Waals surface area contributed by atoms with E-state index in [-0.39, 0.29) is 38.8 Å². The van der Waals surface area contributed by atoms with Crippen molar-refractivity contribution in [2.75, 3.05) is 52.4 Å². The molecule has 0 fully saturated rings. The fraction of sp³-hybridized carbons (Fsp3) is 0.857. The summed E-state index contributed by atoms with van der Waals surface area (Å²) in [6, 6.07) is -4.29. The van der Waals surface area contributed by atoms with Crippen LogP contribution in [0.4, 0.5) is 0 Å². The highest BCUT2D eigenvalue weighted by atomic mass is 16.4. The summed E-state index contributed by atoms with van der Waals surface area (Å²) in [5, 5.41) is 37.9. The number of nitrogens with zero attached hydrogens (tertiary/aromatic N) is 4. The monoisotopic (exact) mass is 576 g/mol. The van der Waals surface area contributed by atoms with Crippen molar-refractivity contribution in [3.05, 3.63) is 0 Å². The molecule has 0 saturated carbocycles. The fourth-order valence-electron chi connectivity index (χ4n) is 4.86. The lowest BCUT2D eigenvalue weighted by Gasteiger charge is -2.38. The normalized spacial score (nSPS) is 14.5. The van der Waals surface area contributed by atoms with Gasteiger partial charge in [0.1, 0.15) is 24.2 Å². The van der Waals surface area contributed by atoms with Gasteiger partial charge in [-0.1, -0.05) is 55.4 Å². The Morgan fingerprint density at radius 2 is 0.625 bits per heavy atom. The Balaban J connectivity index is 0. The number of rotatable bonds is 22. The van der Waals surface area contributed by atoms with Crippen LogP contribution in [-0.4, -0.2) is 140 Å². The van der Waals surface area contributed by atoms with E-state index >= 15 is 0 Å². The molecule has 0 aromatic carbocycles. The van der Waals surface area contributed by atoms with Gasteiger partial charge < -0.3 is 30.2 Å². The van der Waals surface area contributed by atoms with Crippen molar-refractivity contribution in [2.24, 2.45) is 0 Å². The lowest BCUT2D eigenvalue weighted by molar-refractivity contribution is -0.156. The zero-order valence-electron chi connectivity index (χ0n) is 26.0. The average Bonchev–Trinajstić information content (AvgIpc) is 2.90. The van der Waals surface area contributed by atoms with Crippen LogP contribution in [0.5, 0.6) is 0 Å². The highest BCUT2D eigenvalue weighted by molar-refractivity contribution is 5.78. The number of aliphatic carboxylic acids is 4. The minimum atomic E-state index is -1.18. The Morgan fingerprint density at radius 3 is 0.750 bits per heavy atom. The first-order chi connectivity index (χ1) is 18.8. The standard InChI is InChI=1S/C18H32N2O8.C10H24N2/c1-5-11(15(21)22)19(12(6-2)16(23)24)9-10-20(13(7-3)17(25)26)14(8-4)18(27)28;1-5-11(6-2)9-10-12(7-3)8-4/h11-14H,5-10H2,1-4H3,(H,21,22)(H,23,24)(H,25,26)(H,27,28);5-10H2,1-4H3. The van der Waals surface area contributed by atoms with Gasteiger partial charge >= 0.3 is 23.9 Å². The van der Waals surface area contributed by atoms with E-state index in [0.717, 1.165) is 0 Å². The van der Waals surface area contributed by atoms with Crippen molar-refractivity contribution < 1.29 is 39.6 Å². The summed E-state index contributed by atoms with van der Waals surface area (Å²) in [7, 11) is 0. The van der Waals surface area contributed by atoms with Crippen LogP contribution >= 0.6 is 0 Å². The molecular weight excluding hydrogens is 520 g/mol. The number of carboxylic acid groups (broad SMARTS) is 4. The molecule has 0 aromatic heterocycles. The van der Waals surface area contributed by atoms with Gasteiger partial charge in [-0.2, -0.15) is 0 Å². The van der Waals surface area contributed by atoms with Crippen molar-refractivity contribution in [1.82, 2.24) is 19.6 Å². The highest BCUT2D eigenvalue weighted by Crippen LogP contribution is 2.18. The van der Waals surface area contributed by atoms with Gasteiger partial charge in [0.25, 0.3) is 0 Å². The molecule has 0 spiro atoms. The zero-order valence-corrected chi connectivity index (χ0v) is 26.0. The molecule has 4 unspecified atom stereocenters. The molecule has 12 heteroatoms. The van der Waals surface area contributed by atoms with Crippen LogP contribution in [0.15, 0.2) is 0 Å². The molecule has 12 nitrogen and oxygen atoms in total. The molecule has 4 N–H and O–H groups in total. The van der Waals surface area contributed by atoms with E-state index in [0.29, 0.717) is 0 Å². The molecular formula is C28H56N4O8. The third-order valence-electron chi connectivity index (χ3n) is 7.43. The first-order valence-electron chi connectivity index (χ1n) is 14.7. The smallest absolute Gasteiger partial charge is 0.320 e. The van der Waals surface area contributed by atoms with E-state index in [9.17, 15) is 39.6 Å². The molecule has 0 heterocycles. The lowest BCUT2D eigenvalue weighted by Crippen LogP contribution is -2.56. The molecule has 0 aliphatic carbocycles.